The van der Waals surface area contributed by atoms with Gasteiger partial charge in [0.05, 0.1) is 16.3 Å². The lowest BCUT2D eigenvalue weighted by Crippen LogP contribution is -2.35. The Morgan fingerprint density at radius 1 is 1.43 bits per heavy atom. The molecule has 0 saturated carbocycles. The molecule has 2 heterocycles. The molecule has 1 amide bonds. The SMILES string of the molecule is Cl.O=C(Nc1nc2ccc(OC(F)(F)F)cc2s1)C1CCCN1. The van der Waals surface area contributed by atoms with Gasteiger partial charge < -0.3 is 15.4 Å². The minimum absolute atomic E-state index is 0. The van der Waals surface area contributed by atoms with Crippen molar-refractivity contribution < 1.29 is 22.7 Å². The van der Waals surface area contributed by atoms with Crippen molar-refractivity contribution in [3.05, 3.63) is 18.2 Å². The molecule has 23 heavy (non-hydrogen) atoms. The average molecular weight is 368 g/mol. The normalized spacial score (nSPS) is 17.8. The van der Waals surface area contributed by atoms with E-state index in [0.29, 0.717) is 15.3 Å². The highest BCUT2D eigenvalue weighted by Crippen LogP contribution is 2.31. The van der Waals surface area contributed by atoms with Gasteiger partial charge in [0.25, 0.3) is 0 Å². The number of carbonyl (C=O) groups is 1. The molecule has 1 aliphatic rings. The second kappa shape index (κ2) is 6.90. The van der Waals surface area contributed by atoms with E-state index >= 15 is 0 Å². The quantitative estimate of drug-likeness (QED) is 0.873. The zero-order valence-electron chi connectivity index (χ0n) is 11.6. The number of carbonyl (C=O) groups excluding carboxylic acids is 1. The van der Waals surface area contributed by atoms with Crippen molar-refractivity contribution >= 4 is 45.0 Å². The maximum atomic E-state index is 12.2. The molecule has 3 rings (SSSR count). The van der Waals surface area contributed by atoms with Crippen LogP contribution in [0.4, 0.5) is 18.3 Å². The number of alkyl halides is 3. The number of fused-ring (bicyclic) bond motifs is 1. The topological polar surface area (TPSA) is 63.2 Å². The summed E-state index contributed by atoms with van der Waals surface area (Å²) in [7, 11) is 0. The zero-order chi connectivity index (χ0) is 15.7. The first-order chi connectivity index (χ1) is 10.4. The van der Waals surface area contributed by atoms with E-state index in [0.717, 1.165) is 30.7 Å². The van der Waals surface area contributed by atoms with Crippen molar-refractivity contribution in [3.8, 4) is 5.75 Å². The van der Waals surface area contributed by atoms with Gasteiger partial charge in [-0.15, -0.1) is 25.6 Å². The van der Waals surface area contributed by atoms with E-state index < -0.39 is 6.36 Å². The Morgan fingerprint density at radius 3 is 2.87 bits per heavy atom. The highest BCUT2D eigenvalue weighted by molar-refractivity contribution is 7.22. The van der Waals surface area contributed by atoms with Gasteiger partial charge in [0.2, 0.25) is 5.91 Å². The fourth-order valence-electron chi connectivity index (χ4n) is 2.26. The molecular formula is C13H13ClF3N3O2S. The number of nitrogens with zero attached hydrogens (tertiary/aromatic N) is 1. The number of rotatable bonds is 3. The van der Waals surface area contributed by atoms with Crippen molar-refractivity contribution in [2.24, 2.45) is 0 Å². The van der Waals surface area contributed by atoms with E-state index in [2.05, 4.69) is 20.4 Å². The van der Waals surface area contributed by atoms with E-state index in [9.17, 15) is 18.0 Å². The first kappa shape index (κ1) is 17.8. The van der Waals surface area contributed by atoms with Crippen LogP contribution in [0.15, 0.2) is 18.2 Å². The molecule has 10 heteroatoms. The molecule has 1 saturated heterocycles. The summed E-state index contributed by atoms with van der Waals surface area (Å²) >= 11 is 1.11. The molecule has 0 spiro atoms. The molecule has 126 valence electrons. The van der Waals surface area contributed by atoms with Crippen molar-refractivity contribution in [3.63, 3.8) is 0 Å². The Balaban J connectivity index is 0.00000192. The van der Waals surface area contributed by atoms with Gasteiger partial charge in [-0.3, -0.25) is 4.79 Å². The summed E-state index contributed by atoms with van der Waals surface area (Å²) in [5.41, 5.74) is 0.509. The molecule has 1 atom stereocenters. The lowest BCUT2D eigenvalue weighted by atomic mass is 10.2. The molecule has 1 fully saturated rings. The highest BCUT2D eigenvalue weighted by Gasteiger charge is 2.31. The van der Waals surface area contributed by atoms with Crippen molar-refractivity contribution in [2.75, 3.05) is 11.9 Å². The Bertz CT molecular complexity index is 701. The predicted molar refractivity (Wildman–Crippen MR) is 83.2 cm³/mol. The van der Waals surface area contributed by atoms with Gasteiger partial charge in [-0.1, -0.05) is 11.3 Å². The Hall–Kier alpha value is -1.58. The van der Waals surface area contributed by atoms with Crippen LogP contribution in [-0.4, -0.2) is 29.8 Å². The van der Waals surface area contributed by atoms with Gasteiger partial charge in [-0.2, -0.15) is 0 Å². The van der Waals surface area contributed by atoms with Gasteiger partial charge in [0, 0.05) is 6.07 Å². The number of ether oxygens (including phenoxy) is 1. The molecule has 5 nitrogen and oxygen atoms in total. The molecule has 1 aromatic carbocycles. The smallest absolute Gasteiger partial charge is 0.406 e. The number of nitrogens with one attached hydrogen (secondary N) is 2. The summed E-state index contributed by atoms with van der Waals surface area (Å²) in [5.74, 6) is -0.484. The van der Waals surface area contributed by atoms with Crippen LogP contribution in [0.25, 0.3) is 10.2 Å². The van der Waals surface area contributed by atoms with Crippen molar-refractivity contribution in [2.45, 2.75) is 25.2 Å². The molecule has 1 unspecified atom stereocenters. The van der Waals surface area contributed by atoms with Crippen LogP contribution < -0.4 is 15.4 Å². The number of hydrogen-bond acceptors (Lipinski definition) is 5. The predicted octanol–water partition coefficient (Wildman–Crippen LogP) is 3.31. The number of anilines is 1. The van der Waals surface area contributed by atoms with Crippen LogP contribution in [0.5, 0.6) is 5.75 Å². The van der Waals surface area contributed by atoms with E-state index in [1.807, 2.05) is 0 Å². The minimum atomic E-state index is -4.73. The van der Waals surface area contributed by atoms with Crippen LogP contribution in [0, 0.1) is 0 Å². The van der Waals surface area contributed by atoms with Gasteiger partial charge >= 0.3 is 6.36 Å². The van der Waals surface area contributed by atoms with Crippen molar-refractivity contribution in [1.82, 2.24) is 10.3 Å². The lowest BCUT2D eigenvalue weighted by molar-refractivity contribution is -0.274. The number of hydrogen-bond donors (Lipinski definition) is 2. The molecule has 1 aliphatic heterocycles. The Kier molecular flexibility index (Phi) is 5.33. The fraction of sp³-hybridized carbons (Fsp3) is 0.385. The first-order valence-electron chi connectivity index (χ1n) is 6.61. The number of thiazole rings is 1. The summed E-state index contributed by atoms with van der Waals surface area (Å²) in [6.07, 6.45) is -3.03. The van der Waals surface area contributed by atoms with Crippen LogP contribution in [-0.2, 0) is 4.79 Å². The standard InChI is InChI=1S/C13H12F3N3O2S.ClH/c14-13(15,16)21-7-3-4-8-10(6-7)22-12(18-8)19-11(20)9-2-1-5-17-9;/h3-4,6,9,17H,1-2,5H2,(H,18,19,20);1H. The molecule has 0 bridgehead atoms. The minimum Gasteiger partial charge on any atom is -0.406 e. The summed E-state index contributed by atoms with van der Waals surface area (Å²) in [5, 5.41) is 6.11. The van der Waals surface area contributed by atoms with Crippen LogP contribution >= 0.6 is 23.7 Å². The van der Waals surface area contributed by atoms with Crippen LogP contribution in [0.3, 0.4) is 0 Å². The number of benzene rings is 1. The monoisotopic (exact) mass is 367 g/mol. The maximum absolute atomic E-state index is 12.2. The third kappa shape index (κ3) is 4.46. The zero-order valence-corrected chi connectivity index (χ0v) is 13.3. The number of aromatic nitrogens is 1. The second-order valence-electron chi connectivity index (χ2n) is 4.83. The van der Waals surface area contributed by atoms with E-state index in [4.69, 9.17) is 0 Å². The summed E-state index contributed by atoms with van der Waals surface area (Å²) < 4.78 is 41.0. The summed E-state index contributed by atoms with van der Waals surface area (Å²) in [6.45, 7) is 0.802. The highest BCUT2D eigenvalue weighted by atomic mass is 35.5. The third-order valence-electron chi connectivity index (χ3n) is 3.20. The van der Waals surface area contributed by atoms with E-state index in [1.165, 1.54) is 18.2 Å². The third-order valence-corrected chi connectivity index (χ3v) is 4.13. The molecule has 0 aliphatic carbocycles. The van der Waals surface area contributed by atoms with Crippen LogP contribution in [0.2, 0.25) is 0 Å². The summed E-state index contributed by atoms with van der Waals surface area (Å²) in [6, 6.07) is 3.64. The van der Waals surface area contributed by atoms with E-state index in [1.54, 1.807) is 0 Å². The van der Waals surface area contributed by atoms with Crippen LogP contribution in [0.1, 0.15) is 12.8 Å². The Labute approximate surface area is 139 Å². The fourth-order valence-corrected chi connectivity index (χ4v) is 3.15. The first-order valence-corrected chi connectivity index (χ1v) is 7.43. The van der Waals surface area contributed by atoms with Crippen molar-refractivity contribution in [1.29, 1.82) is 0 Å². The van der Waals surface area contributed by atoms with Gasteiger partial charge in [0.1, 0.15) is 5.75 Å². The molecule has 1 aromatic heterocycles. The van der Waals surface area contributed by atoms with Gasteiger partial charge in [0.15, 0.2) is 5.13 Å². The molecule has 2 aromatic rings. The molecular weight excluding hydrogens is 355 g/mol. The maximum Gasteiger partial charge on any atom is 0.573 e. The average Bonchev–Trinajstić information content (AvgIpc) is 3.04. The van der Waals surface area contributed by atoms with Gasteiger partial charge in [-0.25, -0.2) is 4.98 Å². The lowest BCUT2D eigenvalue weighted by Gasteiger charge is -2.08. The molecule has 2 N–H and O–H groups in total. The largest absolute Gasteiger partial charge is 0.573 e. The van der Waals surface area contributed by atoms with E-state index in [-0.39, 0.29) is 30.1 Å². The summed E-state index contributed by atoms with van der Waals surface area (Å²) in [4.78, 5) is 16.1. The molecule has 0 radical (unpaired) electrons. The Morgan fingerprint density at radius 2 is 2.22 bits per heavy atom. The number of amides is 1. The second-order valence-corrected chi connectivity index (χ2v) is 5.87. The number of halogens is 4. The van der Waals surface area contributed by atoms with Gasteiger partial charge in [-0.05, 0) is 31.5 Å².